The van der Waals surface area contributed by atoms with Crippen molar-refractivity contribution in [3.8, 4) is 5.75 Å². The largest absolute Gasteiger partial charge is 0.495 e. The fourth-order valence-electron chi connectivity index (χ4n) is 4.13. The maximum atomic E-state index is 14.0. The summed E-state index contributed by atoms with van der Waals surface area (Å²) >= 11 is 0. The second-order valence-electron chi connectivity index (χ2n) is 10.4. The van der Waals surface area contributed by atoms with Crippen LogP contribution in [0.25, 0.3) is 0 Å². The molecule has 0 aromatic heterocycles. The highest BCUT2D eigenvalue weighted by Crippen LogP contribution is 2.32. The van der Waals surface area contributed by atoms with Gasteiger partial charge < -0.3 is 15.0 Å². The van der Waals surface area contributed by atoms with Gasteiger partial charge in [0.1, 0.15) is 18.3 Å². The van der Waals surface area contributed by atoms with Crippen LogP contribution in [0.3, 0.4) is 0 Å². The summed E-state index contributed by atoms with van der Waals surface area (Å²) in [5, 5.41) is 2.93. The Hall–Kier alpha value is -3.85. The van der Waals surface area contributed by atoms with Crippen molar-refractivity contribution in [1.82, 2.24) is 10.2 Å². The number of benzene rings is 3. The van der Waals surface area contributed by atoms with Crippen LogP contribution < -0.4 is 14.4 Å². The second kappa shape index (κ2) is 12.3. The van der Waals surface area contributed by atoms with Crippen LogP contribution in [0.5, 0.6) is 5.75 Å². The zero-order chi connectivity index (χ0) is 28.8. The van der Waals surface area contributed by atoms with Gasteiger partial charge in [0.05, 0.1) is 17.7 Å². The number of amides is 2. The van der Waals surface area contributed by atoms with Crippen molar-refractivity contribution in [2.24, 2.45) is 0 Å². The number of sulfonamides is 1. The molecule has 1 N–H and O–H groups in total. The Labute approximate surface area is 231 Å². The number of nitrogens with one attached hydrogen (secondary N) is 1. The summed E-state index contributed by atoms with van der Waals surface area (Å²) in [7, 11) is -2.72. The summed E-state index contributed by atoms with van der Waals surface area (Å²) in [6, 6.07) is 21.3. The van der Waals surface area contributed by atoms with Crippen LogP contribution in [0, 0.1) is 6.92 Å². The molecule has 9 heteroatoms. The van der Waals surface area contributed by atoms with Crippen molar-refractivity contribution in [2.75, 3.05) is 18.0 Å². The van der Waals surface area contributed by atoms with E-state index in [2.05, 4.69) is 5.32 Å². The number of aryl methyl sites for hydroxylation is 1. The molecule has 3 aromatic carbocycles. The SMILES string of the molecule is COc1ccccc1N(CC(=O)N(Cc1cccc(C)c1)C(C)C(=O)NC(C)(C)C)S(=O)(=O)c1ccccc1. The third kappa shape index (κ3) is 7.60. The highest BCUT2D eigenvalue weighted by molar-refractivity contribution is 7.92. The van der Waals surface area contributed by atoms with E-state index < -0.39 is 34.1 Å². The molecule has 0 spiro atoms. The van der Waals surface area contributed by atoms with Crippen molar-refractivity contribution >= 4 is 27.5 Å². The molecule has 0 aliphatic heterocycles. The van der Waals surface area contributed by atoms with Crippen molar-refractivity contribution in [3.05, 3.63) is 90.0 Å². The van der Waals surface area contributed by atoms with E-state index in [1.165, 1.54) is 24.1 Å². The molecule has 39 heavy (non-hydrogen) atoms. The average molecular weight is 552 g/mol. The number of anilines is 1. The number of para-hydroxylation sites is 2. The molecule has 0 radical (unpaired) electrons. The van der Waals surface area contributed by atoms with E-state index in [0.29, 0.717) is 5.75 Å². The first kappa shape index (κ1) is 29.7. The van der Waals surface area contributed by atoms with Crippen molar-refractivity contribution in [1.29, 1.82) is 0 Å². The minimum atomic E-state index is -4.16. The number of carbonyl (C=O) groups excluding carboxylic acids is 2. The molecular formula is C30H37N3O5S. The molecule has 0 bridgehead atoms. The Bertz CT molecular complexity index is 1400. The standard InChI is InChI=1S/C30H37N3O5S/c1-22-13-12-14-24(19-22)20-32(23(2)29(35)31-30(3,4)5)28(34)21-33(26-17-10-11-18-27(26)38-6)39(36,37)25-15-8-7-9-16-25/h7-19,23H,20-21H2,1-6H3,(H,31,35). The molecule has 1 unspecified atom stereocenters. The lowest BCUT2D eigenvalue weighted by atomic mass is 10.1. The summed E-state index contributed by atoms with van der Waals surface area (Å²) in [4.78, 5) is 28.6. The fraction of sp³-hybridized carbons (Fsp3) is 0.333. The lowest BCUT2D eigenvalue weighted by Gasteiger charge is -2.33. The van der Waals surface area contributed by atoms with Crippen molar-refractivity contribution in [3.63, 3.8) is 0 Å². The number of carbonyl (C=O) groups is 2. The first-order chi connectivity index (χ1) is 18.3. The summed E-state index contributed by atoms with van der Waals surface area (Å²) in [6.07, 6.45) is 0. The Morgan fingerprint density at radius 3 is 2.21 bits per heavy atom. The zero-order valence-electron chi connectivity index (χ0n) is 23.3. The van der Waals surface area contributed by atoms with E-state index in [1.807, 2.05) is 52.0 Å². The first-order valence-electron chi connectivity index (χ1n) is 12.7. The molecule has 8 nitrogen and oxygen atoms in total. The van der Waals surface area contributed by atoms with E-state index in [4.69, 9.17) is 4.74 Å². The van der Waals surface area contributed by atoms with Crippen LogP contribution in [0.1, 0.15) is 38.8 Å². The number of rotatable bonds is 10. The van der Waals surface area contributed by atoms with E-state index in [9.17, 15) is 18.0 Å². The molecule has 3 rings (SSSR count). The minimum Gasteiger partial charge on any atom is -0.495 e. The van der Waals surface area contributed by atoms with Gasteiger partial charge in [-0.25, -0.2) is 8.42 Å². The van der Waals surface area contributed by atoms with Gasteiger partial charge in [-0.1, -0.05) is 60.2 Å². The molecular weight excluding hydrogens is 514 g/mol. The molecule has 0 saturated heterocycles. The number of nitrogens with zero attached hydrogens (tertiary/aromatic N) is 2. The number of hydrogen-bond donors (Lipinski definition) is 1. The van der Waals surface area contributed by atoms with Gasteiger partial charge >= 0.3 is 0 Å². The molecule has 3 aromatic rings. The highest BCUT2D eigenvalue weighted by Gasteiger charge is 2.34. The van der Waals surface area contributed by atoms with Crippen LogP contribution in [-0.2, 0) is 26.2 Å². The Morgan fingerprint density at radius 1 is 0.949 bits per heavy atom. The van der Waals surface area contributed by atoms with Crippen LogP contribution >= 0.6 is 0 Å². The molecule has 0 heterocycles. The maximum absolute atomic E-state index is 14.0. The summed E-state index contributed by atoms with van der Waals surface area (Å²) < 4.78 is 34.2. The number of hydrogen-bond acceptors (Lipinski definition) is 5. The predicted molar refractivity (Wildman–Crippen MR) is 153 cm³/mol. The lowest BCUT2D eigenvalue weighted by Crippen LogP contribution is -2.54. The number of ether oxygens (including phenoxy) is 1. The van der Waals surface area contributed by atoms with Crippen LogP contribution in [0.2, 0.25) is 0 Å². The molecule has 1 atom stereocenters. The quantitative estimate of drug-likeness (QED) is 0.399. The lowest BCUT2D eigenvalue weighted by molar-refractivity contribution is -0.140. The first-order valence-corrected chi connectivity index (χ1v) is 14.2. The van der Waals surface area contributed by atoms with Gasteiger partial charge in [-0.05, 0) is 64.4 Å². The van der Waals surface area contributed by atoms with E-state index >= 15 is 0 Å². The van der Waals surface area contributed by atoms with E-state index in [1.54, 1.807) is 49.4 Å². The van der Waals surface area contributed by atoms with E-state index in [-0.39, 0.29) is 23.0 Å². The monoisotopic (exact) mass is 551 g/mol. The normalized spacial score (nSPS) is 12.4. The van der Waals surface area contributed by atoms with Crippen LogP contribution in [0.4, 0.5) is 5.69 Å². The van der Waals surface area contributed by atoms with Gasteiger partial charge in [-0.3, -0.25) is 13.9 Å². The van der Waals surface area contributed by atoms with Gasteiger partial charge in [-0.15, -0.1) is 0 Å². The average Bonchev–Trinajstić information content (AvgIpc) is 2.89. The molecule has 2 amide bonds. The summed E-state index contributed by atoms with van der Waals surface area (Å²) in [5.41, 5.74) is 1.55. The fourth-order valence-corrected chi connectivity index (χ4v) is 5.58. The topological polar surface area (TPSA) is 96.0 Å². The molecule has 0 aliphatic rings. The van der Waals surface area contributed by atoms with Crippen molar-refractivity contribution in [2.45, 2.75) is 57.6 Å². The van der Waals surface area contributed by atoms with Gasteiger partial charge in [0.15, 0.2) is 0 Å². The zero-order valence-corrected chi connectivity index (χ0v) is 24.2. The molecule has 0 aliphatic carbocycles. The van der Waals surface area contributed by atoms with Crippen molar-refractivity contribution < 1.29 is 22.7 Å². The van der Waals surface area contributed by atoms with Crippen LogP contribution in [0.15, 0.2) is 83.8 Å². The summed E-state index contributed by atoms with van der Waals surface area (Å²) in [6.45, 7) is 8.77. The predicted octanol–water partition coefficient (Wildman–Crippen LogP) is 4.53. The van der Waals surface area contributed by atoms with Gasteiger partial charge in [-0.2, -0.15) is 0 Å². The summed E-state index contributed by atoms with van der Waals surface area (Å²) in [5.74, 6) is -0.565. The van der Waals surface area contributed by atoms with E-state index in [0.717, 1.165) is 15.4 Å². The minimum absolute atomic E-state index is 0.0347. The van der Waals surface area contributed by atoms with Gasteiger partial charge in [0.25, 0.3) is 10.0 Å². The maximum Gasteiger partial charge on any atom is 0.264 e. The smallest absolute Gasteiger partial charge is 0.264 e. The highest BCUT2D eigenvalue weighted by atomic mass is 32.2. The van der Waals surface area contributed by atoms with Crippen LogP contribution in [-0.4, -0.2) is 50.4 Å². The van der Waals surface area contributed by atoms with Gasteiger partial charge in [0.2, 0.25) is 11.8 Å². The Morgan fingerprint density at radius 2 is 1.59 bits per heavy atom. The molecule has 0 fully saturated rings. The number of methoxy groups -OCH3 is 1. The second-order valence-corrected chi connectivity index (χ2v) is 12.3. The molecule has 0 saturated carbocycles. The Balaban J connectivity index is 2.07. The van der Waals surface area contributed by atoms with Gasteiger partial charge in [0, 0.05) is 12.1 Å². The third-order valence-electron chi connectivity index (χ3n) is 6.06. The Kier molecular flexibility index (Phi) is 9.40. The molecule has 208 valence electrons. The third-order valence-corrected chi connectivity index (χ3v) is 7.84.